The fourth-order valence-corrected chi connectivity index (χ4v) is 3.56. The van der Waals surface area contributed by atoms with Crippen LogP contribution in [0.5, 0.6) is 5.75 Å². The number of hydrogen-bond donors (Lipinski definition) is 1. The van der Waals surface area contributed by atoms with Crippen LogP contribution in [0, 0.1) is 11.3 Å². The van der Waals surface area contributed by atoms with Crippen molar-refractivity contribution in [2.45, 2.75) is 57.6 Å². The molecule has 8 heteroatoms. The van der Waals surface area contributed by atoms with Gasteiger partial charge in [0.05, 0.1) is 12.7 Å². The summed E-state index contributed by atoms with van der Waals surface area (Å²) in [4.78, 5) is 38.3. The van der Waals surface area contributed by atoms with Gasteiger partial charge in [-0.1, -0.05) is 19.3 Å². The smallest absolute Gasteiger partial charge is 0.326 e. The highest BCUT2D eigenvalue weighted by Gasteiger charge is 2.40. The summed E-state index contributed by atoms with van der Waals surface area (Å²) in [6.07, 6.45) is 3.00. The summed E-state index contributed by atoms with van der Waals surface area (Å²) in [5, 5.41) is 12.1. The minimum atomic E-state index is -1.04. The van der Waals surface area contributed by atoms with Gasteiger partial charge in [0, 0.05) is 12.6 Å². The first-order valence-corrected chi connectivity index (χ1v) is 10.2. The Balaban J connectivity index is 1.85. The van der Waals surface area contributed by atoms with Crippen LogP contribution in [0.4, 0.5) is 0 Å². The van der Waals surface area contributed by atoms with E-state index in [1.807, 2.05) is 6.92 Å². The molecule has 2 rings (SSSR count). The van der Waals surface area contributed by atoms with Gasteiger partial charge in [-0.2, -0.15) is 5.26 Å². The van der Waals surface area contributed by atoms with Gasteiger partial charge in [-0.25, -0.2) is 0 Å². The molecule has 1 aliphatic rings. The molecule has 0 aliphatic heterocycles. The molecule has 1 aliphatic carbocycles. The Kier molecular flexibility index (Phi) is 8.22. The van der Waals surface area contributed by atoms with Crippen LogP contribution >= 0.6 is 0 Å². The zero-order chi connectivity index (χ0) is 22.1. The van der Waals surface area contributed by atoms with Crippen molar-refractivity contribution in [3.05, 3.63) is 29.8 Å². The number of esters is 1. The molecule has 0 heterocycles. The highest BCUT2D eigenvalue weighted by Crippen LogP contribution is 2.32. The van der Waals surface area contributed by atoms with Crippen molar-refractivity contribution < 1.29 is 23.9 Å². The molecule has 0 spiro atoms. The molecule has 162 valence electrons. The molecule has 1 N–H and O–H groups in total. The Hall–Kier alpha value is -3.08. The molecule has 1 aromatic rings. The number of hydrogen-bond acceptors (Lipinski definition) is 6. The van der Waals surface area contributed by atoms with Crippen molar-refractivity contribution in [3.63, 3.8) is 0 Å². The third-order valence-corrected chi connectivity index (χ3v) is 5.34. The van der Waals surface area contributed by atoms with E-state index in [0.717, 1.165) is 19.3 Å². The minimum Gasteiger partial charge on any atom is -0.494 e. The highest BCUT2D eigenvalue weighted by molar-refractivity contribution is 5.96. The lowest BCUT2D eigenvalue weighted by Gasteiger charge is -2.39. The van der Waals surface area contributed by atoms with Crippen LogP contribution in [-0.2, 0) is 14.3 Å². The monoisotopic (exact) mass is 415 g/mol. The van der Waals surface area contributed by atoms with E-state index in [9.17, 15) is 19.6 Å². The number of nitrogens with zero attached hydrogens (tertiary/aromatic N) is 2. The number of nitrogens with one attached hydrogen (secondary N) is 1. The lowest BCUT2D eigenvalue weighted by Crippen LogP contribution is -2.53. The van der Waals surface area contributed by atoms with E-state index in [1.54, 1.807) is 31.3 Å². The van der Waals surface area contributed by atoms with E-state index in [-0.39, 0.29) is 6.54 Å². The van der Waals surface area contributed by atoms with Crippen LogP contribution in [0.1, 0.15) is 56.3 Å². The Morgan fingerprint density at radius 3 is 2.40 bits per heavy atom. The van der Waals surface area contributed by atoms with Crippen molar-refractivity contribution in [2.24, 2.45) is 0 Å². The van der Waals surface area contributed by atoms with Crippen LogP contribution in [0.2, 0.25) is 0 Å². The number of nitriles is 1. The summed E-state index contributed by atoms with van der Waals surface area (Å²) in [5.41, 5.74) is -0.471. The molecule has 30 heavy (non-hydrogen) atoms. The van der Waals surface area contributed by atoms with Gasteiger partial charge in [-0.3, -0.25) is 14.4 Å². The Labute approximate surface area is 177 Å². The molecule has 0 unspecified atom stereocenters. The van der Waals surface area contributed by atoms with E-state index in [4.69, 9.17) is 9.47 Å². The van der Waals surface area contributed by atoms with Crippen LogP contribution in [0.25, 0.3) is 0 Å². The number of amides is 2. The predicted molar refractivity (Wildman–Crippen MR) is 110 cm³/mol. The number of ether oxygens (including phenoxy) is 2. The van der Waals surface area contributed by atoms with Crippen LogP contribution in [0.3, 0.4) is 0 Å². The van der Waals surface area contributed by atoms with Gasteiger partial charge in [-0.15, -0.1) is 0 Å². The van der Waals surface area contributed by atoms with Crippen LogP contribution in [-0.4, -0.2) is 54.5 Å². The second-order valence-corrected chi connectivity index (χ2v) is 7.37. The third kappa shape index (κ3) is 5.72. The van der Waals surface area contributed by atoms with Crippen LogP contribution in [0.15, 0.2) is 24.3 Å². The Bertz CT molecular complexity index is 794. The van der Waals surface area contributed by atoms with E-state index in [0.29, 0.717) is 30.8 Å². The second kappa shape index (κ2) is 10.6. The molecule has 0 radical (unpaired) electrons. The average molecular weight is 415 g/mol. The Morgan fingerprint density at radius 1 is 1.20 bits per heavy atom. The van der Waals surface area contributed by atoms with E-state index in [2.05, 4.69) is 11.4 Å². The highest BCUT2D eigenvalue weighted by atomic mass is 16.5. The van der Waals surface area contributed by atoms with Gasteiger partial charge in [0.2, 0.25) is 0 Å². The van der Waals surface area contributed by atoms with Gasteiger partial charge >= 0.3 is 5.97 Å². The normalized spacial score (nSPS) is 15.9. The van der Waals surface area contributed by atoms with Crippen molar-refractivity contribution >= 4 is 17.8 Å². The number of carbonyl (C=O) groups is 3. The van der Waals surface area contributed by atoms with Crippen LogP contribution < -0.4 is 10.1 Å². The van der Waals surface area contributed by atoms with Crippen molar-refractivity contribution in [1.82, 2.24) is 10.2 Å². The molecular formula is C22H29N3O5. The molecule has 0 aromatic heterocycles. The first kappa shape index (κ1) is 23.2. The Morgan fingerprint density at radius 2 is 1.83 bits per heavy atom. The lowest BCUT2D eigenvalue weighted by molar-refractivity contribution is -0.160. The molecule has 1 fully saturated rings. The molecule has 1 saturated carbocycles. The maximum atomic E-state index is 12.7. The molecule has 1 aromatic carbocycles. The van der Waals surface area contributed by atoms with Gasteiger partial charge in [0.15, 0.2) is 6.10 Å². The molecular weight excluding hydrogens is 386 g/mol. The fraction of sp³-hybridized carbons (Fsp3) is 0.545. The minimum absolute atomic E-state index is 0.364. The first-order chi connectivity index (χ1) is 14.3. The van der Waals surface area contributed by atoms with Gasteiger partial charge < -0.3 is 19.7 Å². The quantitative estimate of drug-likeness (QED) is 0.653. The maximum absolute atomic E-state index is 12.7. The van der Waals surface area contributed by atoms with Gasteiger partial charge in [-0.05, 0) is 51.0 Å². The van der Waals surface area contributed by atoms with E-state index >= 15 is 0 Å². The largest absolute Gasteiger partial charge is 0.494 e. The summed E-state index contributed by atoms with van der Waals surface area (Å²) < 4.78 is 10.5. The SMILES string of the molecule is CCOc1ccc(C(=O)NCC(=O)O[C@H](C)C(=O)N(C)C2(C#N)CCCCC2)cc1. The molecule has 0 bridgehead atoms. The molecule has 2 amide bonds. The summed E-state index contributed by atoms with van der Waals surface area (Å²) in [6, 6.07) is 8.81. The number of rotatable bonds is 8. The molecule has 0 saturated heterocycles. The average Bonchev–Trinajstić information content (AvgIpc) is 2.77. The van der Waals surface area contributed by atoms with E-state index in [1.165, 1.54) is 11.8 Å². The van der Waals surface area contributed by atoms with E-state index < -0.39 is 29.4 Å². The lowest BCUT2D eigenvalue weighted by atomic mass is 9.81. The first-order valence-electron chi connectivity index (χ1n) is 10.2. The van der Waals surface area contributed by atoms with Crippen molar-refractivity contribution in [3.8, 4) is 11.8 Å². The topological polar surface area (TPSA) is 109 Å². The van der Waals surface area contributed by atoms with Crippen molar-refractivity contribution in [1.29, 1.82) is 5.26 Å². The summed E-state index contributed by atoms with van der Waals surface area (Å²) in [7, 11) is 1.58. The third-order valence-electron chi connectivity index (χ3n) is 5.34. The molecule has 1 atom stereocenters. The number of likely N-dealkylation sites (N-methyl/N-ethyl adjacent to an activating group) is 1. The van der Waals surface area contributed by atoms with Crippen molar-refractivity contribution in [2.75, 3.05) is 20.2 Å². The zero-order valence-corrected chi connectivity index (χ0v) is 17.8. The second-order valence-electron chi connectivity index (χ2n) is 7.37. The standard InChI is InChI=1S/C22H29N3O5/c1-4-29-18-10-8-17(9-11-18)20(27)24-14-19(26)30-16(2)21(28)25(3)22(15-23)12-6-5-7-13-22/h8-11,16H,4-7,12-14H2,1-3H3,(H,24,27)/t16-/m1/s1. The molecule has 8 nitrogen and oxygen atoms in total. The summed E-state index contributed by atoms with van der Waals surface area (Å²) >= 11 is 0. The fourth-order valence-electron chi connectivity index (χ4n) is 3.56. The summed E-state index contributed by atoms with van der Waals surface area (Å²) in [5.74, 6) is -0.933. The van der Waals surface area contributed by atoms with Gasteiger partial charge in [0.1, 0.15) is 17.8 Å². The number of benzene rings is 1. The zero-order valence-electron chi connectivity index (χ0n) is 17.8. The number of carbonyl (C=O) groups excluding carboxylic acids is 3. The predicted octanol–water partition coefficient (Wildman–Crippen LogP) is 2.43. The van der Waals surface area contributed by atoms with Gasteiger partial charge in [0.25, 0.3) is 11.8 Å². The summed E-state index contributed by atoms with van der Waals surface area (Å²) in [6.45, 7) is 3.50. The maximum Gasteiger partial charge on any atom is 0.326 e.